The summed E-state index contributed by atoms with van der Waals surface area (Å²) in [4.78, 5) is 12.9. The number of ether oxygens (including phenoxy) is 1. The zero-order valence-electron chi connectivity index (χ0n) is 17.9. The van der Waals surface area contributed by atoms with E-state index in [0.717, 1.165) is 18.5 Å². The zero-order valence-corrected chi connectivity index (χ0v) is 18.6. The van der Waals surface area contributed by atoms with Gasteiger partial charge in [-0.25, -0.2) is 4.39 Å². The molecule has 13 heteroatoms. The minimum absolute atomic E-state index is 0.0101. The number of carbonyl (C=O) groups is 1. The van der Waals surface area contributed by atoms with Gasteiger partial charge in [0.1, 0.15) is 11.6 Å². The molecule has 0 unspecified atom stereocenters. The Bertz CT molecular complexity index is 1330. The third-order valence-electron chi connectivity index (χ3n) is 7.05. The van der Waals surface area contributed by atoms with Crippen LogP contribution in [0.1, 0.15) is 37.4 Å². The standard InChI is InChI=1S/C22H18ClF4N5O3/c23-14-1-13-16(33)3-18(35-17(13)2-15(14)24)19(34)30-20-8-21(9-20,10-20)31-6-11(4-28-31)12-5-29-32(7-12)22(25,26)27/h1-2,4-7,16,18,33H,3,8-10H2,(H,30,34)/t16-,18-,20?,21?/m1/s1. The highest BCUT2D eigenvalue weighted by atomic mass is 35.5. The first-order chi connectivity index (χ1) is 16.5. The van der Waals surface area contributed by atoms with E-state index in [-0.39, 0.29) is 27.4 Å². The van der Waals surface area contributed by atoms with Crippen LogP contribution in [0.4, 0.5) is 17.6 Å². The van der Waals surface area contributed by atoms with Gasteiger partial charge >= 0.3 is 6.30 Å². The maximum Gasteiger partial charge on any atom is 0.504 e. The normalized spacial score (nSPS) is 29.0. The van der Waals surface area contributed by atoms with Gasteiger partial charge in [-0.1, -0.05) is 11.6 Å². The van der Waals surface area contributed by atoms with E-state index < -0.39 is 35.8 Å². The Morgan fingerprint density at radius 1 is 1.17 bits per heavy atom. The number of aromatic nitrogens is 4. The van der Waals surface area contributed by atoms with Crippen molar-refractivity contribution in [1.82, 2.24) is 24.9 Å². The van der Waals surface area contributed by atoms with Crippen LogP contribution < -0.4 is 10.1 Å². The highest BCUT2D eigenvalue weighted by molar-refractivity contribution is 6.30. The van der Waals surface area contributed by atoms with Crippen LogP contribution in [-0.2, 0) is 16.6 Å². The lowest BCUT2D eigenvalue weighted by atomic mass is 9.44. The van der Waals surface area contributed by atoms with Crippen LogP contribution >= 0.6 is 11.6 Å². The second kappa shape index (κ2) is 7.20. The van der Waals surface area contributed by atoms with E-state index in [4.69, 9.17) is 16.3 Å². The SMILES string of the molecule is O=C(NC12CC(n3cc(-c4cnn(C(F)(F)F)c4)cn3)(C1)C2)[C@H]1C[C@@H](O)c2cc(Cl)c(F)cc2O1. The molecule has 2 atom stereocenters. The lowest BCUT2D eigenvalue weighted by molar-refractivity contribution is -0.212. The molecule has 3 aromatic rings. The molecule has 3 aliphatic carbocycles. The maximum atomic E-state index is 13.8. The molecule has 4 aliphatic rings. The summed E-state index contributed by atoms with van der Waals surface area (Å²) >= 11 is 5.77. The molecule has 1 aliphatic heterocycles. The molecule has 8 nitrogen and oxygen atoms in total. The fourth-order valence-electron chi connectivity index (χ4n) is 5.39. The summed E-state index contributed by atoms with van der Waals surface area (Å²) in [5.41, 5.74) is 0.392. The highest BCUT2D eigenvalue weighted by Crippen LogP contribution is 2.65. The lowest BCUT2D eigenvalue weighted by Gasteiger charge is -2.70. The van der Waals surface area contributed by atoms with Gasteiger partial charge in [0.2, 0.25) is 0 Å². The van der Waals surface area contributed by atoms with Gasteiger partial charge in [0.25, 0.3) is 5.91 Å². The fraction of sp³-hybridized carbons (Fsp3) is 0.409. The smallest absolute Gasteiger partial charge is 0.480 e. The molecule has 1 amide bonds. The van der Waals surface area contributed by atoms with E-state index in [2.05, 4.69) is 15.5 Å². The number of nitrogens with one attached hydrogen (secondary N) is 1. The molecule has 3 fully saturated rings. The average molecular weight is 512 g/mol. The summed E-state index contributed by atoms with van der Waals surface area (Å²) in [6.07, 6.45) is 0.436. The van der Waals surface area contributed by atoms with E-state index in [1.54, 1.807) is 10.9 Å². The quantitative estimate of drug-likeness (QED) is 0.522. The van der Waals surface area contributed by atoms with E-state index in [9.17, 15) is 27.5 Å². The minimum atomic E-state index is -4.59. The van der Waals surface area contributed by atoms with Gasteiger partial charge < -0.3 is 15.2 Å². The topological polar surface area (TPSA) is 94.2 Å². The molecular weight excluding hydrogens is 494 g/mol. The summed E-state index contributed by atoms with van der Waals surface area (Å²) in [6, 6.07) is 2.35. The van der Waals surface area contributed by atoms with Gasteiger partial charge in [-0.2, -0.15) is 14.9 Å². The minimum Gasteiger partial charge on any atom is -0.480 e. The molecule has 0 spiro atoms. The molecule has 1 aromatic carbocycles. The van der Waals surface area contributed by atoms with Crippen LogP contribution in [0.2, 0.25) is 5.02 Å². The molecule has 184 valence electrons. The monoisotopic (exact) mass is 511 g/mol. The number of carbonyl (C=O) groups excluding carboxylic acids is 1. The van der Waals surface area contributed by atoms with Crippen LogP contribution in [0.3, 0.4) is 0 Å². The van der Waals surface area contributed by atoms with Crippen molar-refractivity contribution in [2.75, 3.05) is 0 Å². The van der Waals surface area contributed by atoms with Crippen molar-refractivity contribution in [3.63, 3.8) is 0 Å². The summed E-state index contributed by atoms with van der Waals surface area (Å²) in [5, 5.41) is 20.9. The number of benzene rings is 1. The third kappa shape index (κ3) is 3.49. The largest absolute Gasteiger partial charge is 0.504 e. The second-order valence-electron chi connectivity index (χ2n) is 9.50. The van der Waals surface area contributed by atoms with Crippen molar-refractivity contribution < 1.29 is 32.2 Å². The van der Waals surface area contributed by atoms with Crippen LogP contribution in [0.25, 0.3) is 11.1 Å². The van der Waals surface area contributed by atoms with Gasteiger partial charge in [0, 0.05) is 47.1 Å². The van der Waals surface area contributed by atoms with Crippen LogP contribution in [0.5, 0.6) is 5.75 Å². The van der Waals surface area contributed by atoms with Crippen LogP contribution in [-0.4, -0.2) is 42.2 Å². The maximum absolute atomic E-state index is 13.8. The van der Waals surface area contributed by atoms with Gasteiger partial charge in [-0.05, 0) is 25.3 Å². The number of nitrogens with zero attached hydrogens (tertiary/aromatic N) is 4. The number of halogens is 5. The molecule has 0 radical (unpaired) electrons. The first kappa shape index (κ1) is 22.4. The Hall–Kier alpha value is -3.12. The summed E-state index contributed by atoms with van der Waals surface area (Å²) in [7, 11) is 0. The van der Waals surface area contributed by atoms with Crippen molar-refractivity contribution in [2.45, 2.75) is 55.3 Å². The number of aliphatic hydroxyl groups excluding tert-OH is 1. The fourth-order valence-corrected chi connectivity index (χ4v) is 5.56. The van der Waals surface area contributed by atoms with Gasteiger partial charge in [-0.15, -0.1) is 13.2 Å². The van der Waals surface area contributed by atoms with Crippen molar-refractivity contribution in [3.05, 3.63) is 53.3 Å². The number of hydrogen-bond acceptors (Lipinski definition) is 5. The van der Waals surface area contributed by atoms with Crippen LogP contribution in [0, 0.1) is 5.82 Å². The predicted molar refractivity (Wildman–Crippen MR) is 113 cm³/mol. The summed E-state index contributed by atoms with van der Waals surface area (Å²) in [5.74, 6) is -1.03. The number of aliphatic hydroxyl groups is 1. The second-order valence-corrected chi connectivity index (χ2v) is 9.91. The number of fused-ring (bicyclic) bond motifs is 1. The summed E-state index contributed by atoms with van der Waals surface area (Å²) in [6.45, 7) is 0. The number of rotatable bonds is 4. The Kier molecular flexibility index (Phi) is 4.60. The van der Waals surface area contributed by atoms with Gasteiger partial charge in [0.05, 0.1) is 29.1 Å². The zero-order chi connectivity index (χ0) is 24.8. The van der Waals surface area contributed by atoms with Crippen molar-refractivity contribution in [1.29, 1.82) is 0 Å². The first-order valence-electron chi connectivity index (χ1n) is 10.8. The first-order valence-corrected chi connectivity index (χ1v) is 11.2. The van der Waals surface area contributed by atoms with E-state index in [1.165, 1.54) is 12.3 Å². The molecular formula is C22H18ClF4N5O3. The Morgan fingerprint density at radius 2 is 1.86 bits per heavy atom. The predicted octanol–water partition coefficient (Wildman–Crippen LogP) is 3.65. The third-order valence-corrected chi connectivity index (χ3v) is 7.34. The molecule has 2 aromatic heterocycles. The highest BCUT2D eigenvalue weighted by Gasteiger charge is 2.70. The molecule has 2 N–H and O–H groups in total. The van der Waals surface area contributed by atoms with E-state index >= 15 is 0 Å². The van der Waals surface area contributed by atoms with Gasteiger partial charge in [0.15, 0.2) is 6.10 Å². The number of amides is 1. The molecule has 7 rings (SSSR count). The Labute approximate surface area is 200 Å². The molecule has 3 heterocycles. The Balaban J connectivity index is 1.10. The van der Waals surface area contributed by atoms with E-state index in [1.807, 2.05) is 0 Å². The van der Waals surface area contributed by atoms with Crippen molar-refractivity contribution in [2.24, 2.45) is 0 Å². The average Bonchev–Trinajstić information content (AvgIpc) is 3.40. The molecule has 35 heavy (non-hydrogen) atoms. The molecule has 3 saturated carbocycles. The molecule has 2 bridgehead atoms. The summed E-state index contributed by atoms with van der Waals surface area (Å²) < 4.78 is 59.5. The molecule has 0 saturated heterocycles. The number of hydrogen-bond donors (Lipinski definition) is 2. The lowest BCUT2D eigenvalue weighted by Crippen LogP contribution is -2.79. The van der Waals surface area contributed by atoms with E-state index in [0.29, 0.717) is 36.0 Å². The van der Waals surface area contributed by atoms with Gasteiger partial charge in [-0.3, -0.25) is 9.48 Å². The van der Waals surface area contributed by atoms with Crippen molar-refractivity contribution >= 4 is 17.5 Å². The van der Waals surface area contributed by atoms with Crippen molar-refractivity contribution in [3.8, 4) is 16.9 Å². The Morgan fingerprint density at radius 3 is 2.54 bits per heavy atom. The van der Waals surface area contributed by atoms with Crippen LogP contribution in [0.15, 0.2) is 36.9 Å². The number of alkyl halides is 3.